The highest BCUT2D eigenvalue weighted by Gasteiger charge is 2.26. The minimum Gasteiger partial charge on any atom is -0.505 e. The van der Waals surface area contributed by atoms with E-state index in [1.54, 1.807) is 0 Å². The van der Waals surface area contributed by atoms with Crippen LogP contribution in [0.15, 0.2) is 12.1 Å². The van der Waals surface area contributed by atoms with Gasteiger partial charge in [0, 0.05) is 12.1 Å². The van der Waals surface area contributed by atoms with Crippen LogP contribution in [0.4, 0.5) is 8.78 Å². The predicted molar refractivity (Wildman–Crippen MR) is 47.5 cm³/mol. The summed E-state index contributed by atoms with van der Waals surface area (Å²) in [5, 5.41) is 17.6. The van der Waals surface area contributed by atoms with E-state index in [9.17, 15) is 13.6 Å². The fourth-order valence-electron chi connectivity index (χ4n) is 1.22. The molecule has 0 saturated heterocycles. The van der Waals surface area contributed by atoms with E-state index in [2.05, 4.69) is 0 Å². The van der Waals surface area contributed by atoms with Crippen LogP contribution in [0, 0.1) is 11.6 Å². The molecule has 0 bridgehead atoms. The van der Waals surface area contributed by atoms with E-state index in [4.69, 9.17) is 15.9 Å². The Hall–Kier alpha value is -1.69. The van der Waals surface area contributed by atoms with E-state index < -0.39 is 41.4 Å². The van der Waals surface area contributed by atoms with Crippen LogP contribution < -0.4 is 5.73 Å². The standard InChI is InChI=1S/C9H9F2NO3/c10-5-1-2-6(13)8(11)7(5)4(3-12)9(14)15/h1-2,4,13H,3,12H2,(H,14,15). The molecule has 0 aliphatic rings. The van der Waals surface area contributed by atoms with E-state index in [1.807, 2.05) is 0 Å². The Morgan fingerprint density at radius 2 is 2.07 bits per heavy atom. The molecular formula is C9H9F2NO3. The van der Waals surface area contributed by atoms with Gasteiger partial charge in [-0.3, -0.25) is 4.79 Å². The smallest absolute Gasteiger partial charge is 0.312 e. The summed E-state index contributed by atoms with van der Waals surface area (Å²) < 4.78 is 26.4. The second kappa shape index (κ2) is 4.22. The van der Waals surface area contributed by atoms with Crippen molar-refractivity contribution in [1.29, 1.82) is 0 Å². The molecule has 1 rings (SSSR count). The minimum atomic E-state index is -1.50. The first-order chi connectivity index (χ1) is 6.99. The summed E-state index contributed by atoms with van der Waals surface area (Å²) in [5.74, 6) is -6.07. The fraction of sp³-hybridized carbons (Fsp3) is 0.222. The number of hydrogen-bond donors (Lipinski definition) is 3. The number of aromatic hydroxyl groups is 1. The molecule has 1 unspecified atom stereocenters. The molecule has 0 aliphatic carbocycles. The lowest BCUT2D eigenvalue weighted by Gasteiger charge is -2.12. The Morgan fingerprint density at radius 3 is 2.53 bits per heavy atom. The summed E-state index contributed by atoms with van der Waals surface area (Å²) in [6.45, 7) is -0.452. The van der Waals surface area contributed by atoms with Crippen molar-refractivity contribution in [3.8, 4) is 5.75 Å². The lowest BCUT2D eigenvalue weighted by atomic mass is 9.98. The van der Waals surface area contributed by atoms with Gasteiger partial charge in [-0.2, -0.15) is 0 Å². The normalized spacial score (nSPS) is 12.5. The third-order valence-electron chi connectivity index (χ3n) is 1.99. The van der Waals surface area contributed by atoms with E-state index in [0.717, 1.165) is 12.1 Å². The molecule has 1 aromatic rings. The Labute approximate surface area is 83.9 Å². The van der Waals surface area contributed by atoms with Gasteiger partial charge in [0.05, 0.1) is 5.92 Å². The van der Waals surface area contributed by atoms with Gasteiger partial charge < -0.3 is 15.9 Å². The van der Waals surface area contributed by atoms with Crippen molar-refractivity contribution in [2.24, 2.45) is 5.73 Å². The third-order valence-corrected chi connectivity index (χ3v) is 1.99. The molecule has 4 N–H and O–H groups in total. The summed E-state index contributed by atoms with van der Waals surface area (Å²) >= 11 is 0. The number of halogens is 2. The Bertz CT molecular complexity index is 395. The number of nitrogens with two attached hydrogens (primary N) is 1. The molecule has 0 fully saturated rings. The van der Waals surface area contributed by atoms with Gasteiger partial charge in [0.25, 0.3) is 0 Å². The van der Waals surface area contributed by atoms with Crippen molar-refractivity contribution in [3.05, 3.63) is 29.3 Å². The van der Waals surface area contributed by atoms with Crippen LogP contribution in [0.3, 0.4) is 0 Å². The molecule has 6 heteroatoms. The van der Waals surface area contributed by atoms with E-state index in [-0.39, 0.29) is 0 Å². The SMILES string of the molecule is NCC(C(=O)O)c1c(F)ccc(O)c1F. The number of phenolic OH excluding ortho intramolecular Hbond substituents is 1. The first-order valence-electron chi connectivity index (χ1n) is 4.08. The monoisotopic (exact) mass is 217 g/mol. The van der Waals surface area contributed by atoms with Crippen molar-refractivity contribution < 1.29 is 23.8 Å². The van der Waals surface area contributed by atoms with Crippen molar-refractivity contribution >= 4 is 5.97 Å². The van der Waals surface area contributed by atoms with Gasteiger partial charge in [-0.25, -0.2) is 8.78 Å². The summed E-state index contributed by atoms with van der Waals surface area (Å²) in [5.41, 5.74) is 4.38. The quantitative estimate of drug-likeness (QED) is 0.699. The Morgan fingerprint density at radius 1 is 1.47 bits per heavy atom. The van der Waals surface area contributed by atoms with E-state index in [1.165, 1.54) is 0 Å². The van der Waals surface area contributed by atoms with Crippen molar-refractivity contribution in [3.63, 3.8) is 0 Å². The largest absolute Gasteiger partial charge is 0.505 e. The lowest BCUT2D eigenvalue weighted by Crippen LogP contribution is -2.23. The molecule has 4 nitrogen and oxygen atoms in total. The van der Waals surface area contributed by atoms with Crippen LogP contribution in [0.25, 0.3) is 0 Å². The van der Waals surface area contributed by atoms with Crippen LogP contribution >= 0.6 is 0 Å². The molecule has 82 valence electrons. The Balaban J connectivity index is 3.34. The molecule has 0 radical (unpaired) electrons. The van der Waals surface area contributed by atoms with Crippen molar-refractivity contribution in [2.45, 2.75) is 5.92 Å². The van der Waals surface area contributed by atoms with Gasteiger partial charge in [-0.1, -0.05) is 0 Å². The molecule has 1 atom stereocenters. The van der Waals surface area contributed by atoms with Crippen molar-refractivity contribution in [2.75, 3.05) is 6.54 Å². The number of carboxylic acids is 1. The molecule has 15 heavy (non-hydrogen) atoms. The number of carbonyl (C=O) groups is 1. The van der Waals surface area contributed by atoms with Gasteiger partial charge in [-0.15, -0.1) is 0 Å². The molecule has 0 amide bonds. The van der Waals surface area contributed by atoms with Crippen LogP contribution in [0.2, 0.25) is 0 Å². The summed E-state index contributed by atoms with van der Waals surface area (Å²) in [4.78, 5) is 10.7. The molecule has 0 aliphatic heterocycles. The molecule has 0 aromatic heterocycles. The summed E-state index contributed by atoms with van der Waals surface area (Å²) in [6, 6.07) is 1.60. The number of hydrogen-bond acceptors (Lipinski definition) is 3. The van der Waals surface area contributed by atoms with Gasteiger partial charge >= 0.3 is 5.97 Å². The summed E-state index contributed by atoms with van der Waals surface area (Å²) in [7, 11) is 0. The molecule has 0 saturated carbocycles. The highest BCUT2D eigenvalue weighted by Crippen LogP contribution is 2.28. The molecule has 0 heterocycles. The van der Waals surface area contributed by atoms with Crippen LogP contribution in [-0.4, -0.2) is 22.7 Å². The summed E-state index contributed by atoms with van der Waals surface area (Å²) in [6.07, 6.45) is 0. The first kappa shape index (κ1) is 11.4. The van der Waals surface area contributed by atoms with Crippen LogP contribution in [-0.2, 0) is 4.79 Å². The third kappa shape index (κ3) is 2.04. The molecular weight excluding hydrogens is 208 g/mol. The average molecular weight is 217 g/mol. The maximum Gasteiger partial charge on any atom is 0.312 e. The maximum absolute atomic E-state index is 13.3. The van der Waals surface area contributed by atoms with E-state index >= 15 is 0 Å². The number of rotatable bonds is 3. The Kier molecular flexibility index (Phi) is 3.21. The van der Waals surface area contributed by atoms with Crippen molar-refractivity contribution in [1.82, 2.24) is 0 Å². The number of phenols is 1. The highest BCUT2D eigenvalue weighted by molar-refractivity contribution is 5.76. The predicted octanol–water partition coefficient (Wildman–Crippen LogP) is 0.797. The van der Waals surface area contributed by atoms with Gasteiger partial charge in [-0.05, 0) is 12.1 Å². The second-order valence-electron chi connectivity index (χ2n) is 2.92. The molecule has 1 aromatic carbocycles. The zero-order valence-corrected chi connectivity index (χ0v) is 7.58. The van der Waals surface area contributed by atoms with Gasteiger partial charge in [0.15, 0.2) is 11.6 Å². The zero-order valence-electron chi connectivity index (χ0n) is 7.58. The zero-order chi connectivity index (χ0) is 11.6. The van der Waals surface area contributed by atoms with E-state index in [0.29, 0.717) is 0 Å². The highest BCUT2D eigenvalue weighted by atomic mass is 19.1. The molecule has 0 spiro atoms. The maximum atomic E-state index is 13.3. The second-order valence-corrected chi connectivity index (χ2v) is 2.92. The van der Waals surface area contributed by atoms with Gasteiger partial charge in [0.2, 0.25) is 0 Å². The minimum absolute atomic E-state index is 0.452. The lowest BCUT2D eigenvalue weighted by molar-refractivity contribution is -0.138. The van der Waals surface area contributed by atoms with Crippen LogP contribution in [0.5, 0.6) is 5.75 Å². The van der Waals surface area contributed by atoms with Gasteiger partial charge in [0.1, 0.15) is 5.82 Å². The topological polar surface area (TPSA) is 83.6 Å². The average Bonchev–Trinajstić information content (AvgIpc) is 2.18. The number of benzene rings is 1. The van der Waals surface area contributed by atoms with Crippen LogP contribution in [0.1, 0.15) is 11.5 Å². The number of carboxylic acid groups (broad SMARTS) is 1. The number of aliphatic carboxylic acids is 1. The fourth-order valence-corrected chi connectivity index (χ4v) is 1.22. The first-order valence-corrected chi connectivity index (χ1v) is 4.08.